The summed E-state index contributed by atoms with van der Waals surface area (Å²) in [4.78, 5) is 4.48. The summed E-state index contributed by atoms with van der Waals surface area (Å²) in [6.45, 7) is 2.19. The molecule has 2 nitrogen and oxygen atoms in total. The van der Waals surface area contributed by atoms with Crippen molar-refractivity contribution >= 4 is 27.3 Å². The molecule has 1 aliphatic carbocycles. The highest BCUT2D eigenvalue weighted by Crippen LogP contribution is 2.43. The van der Waals surface area contributed by atoms with Crippen LogP contribution in [0.4, 0.5) is 0 Å². The van der Waals surface area contributed by atoms with E-state index in [9.17, 15) is 0 Å². The number of ether oxygens (including phenoxy) is 1. The van der Waals surface area contributed by atoms with Crippen molar-refractivity contribution in [1.29, 1.82) is 0 Å². The molecule has 1 saturated carbocycles. The SMILES string of the molecule is COC(C)(c1ncc(Br)s1)C1CCCCC1. The number of aromatic nitrogens is 1. The van der Waals surface area contributed by atoms with Crippen LogP contribution >= 0.6 is 27.3 Å². The minimum atomic E-state index is -0.197. The van der Waals surface area contributed by atoms with Gasteiger partial charge in [-0.1, -0.05) is 19.3 Å². The largest absolute Gasteiger partial charge is 0.371 e. The lowest BCUT2D eigenvalue weighted by molar-refractivity contribution is -0.0609. The van der Waals surface area contributed by atoms with Gasteiger partial charge in [0.15, 0.2) is 0 Å². The van der Waals surface area contributed by atoms with Gasteiger partial charge in [-0.25, -0.2) is 4.98 Å². The molecule has 1 aliphatic rings. The first-order valence-electron chi connectivity index (χ1n) is 5.84. The molecule has 0 aromatic carbocycles. The first-order valence-corrected chi connectivity index (χ1v) is 7.44. The molecule has 2 rings (SSSR count). The normalized spacial score (nSPS) is 21.9. The molecular weight excluding hydrogens is 286 g/mol. The summed E-state index contributed by atoms with van der Waals surface area (Å²) in [6, 6.07) is 0. The Bertz CT molecular complexity index is 349. The van der Waals surface area contributed by atoms with Crippen LogP contribution in [-0.2, 0) is 10.3 Å². The number of hydrogen-bond acceptors (Lipinski definition) is 3. The van der Waals surface area contributed by atoms with Crippen molar-refractivity contribution < 1.29 is 4.74 Å². The molecule has 1 atom stereocenters. The predicted molar refractivity (Wildman–Crippen MR) is 70.8 cm³/mol. The van der Waals surface area contributed by atoms with E-state index in [0.717, 1.165) is 8.79 Å². The van der Waals surface area contributed by atoms with Gasteiger partial charge in [-0.3, -0.25) is 0 Å². The van der Waals surface area contributed by atoms with Gasteiger partial charge in [0.1, 0.15) is 10.6 Å². The first kappa shape index (κ1) is 12.5. The minimum absolute atomic E-state index is 0.197. The quantitative estimate of drug-likeness (QED) is 0.828. The van der Waals surface area contributed by atoms with Gasteiger partial charge in [-0.05, 0) is 41.6 Å². The van der Waals surface area contributed by atoms with Gasteiger partial charge in [-0.2, -0.15) is 0 Å². The molecule has 1 aromatic heterocycles. The fourth-order valence-electron chi connectivity index (χ4n) is 2.57. The lowest BCUT2D eigenvalue weighted by Crippen LogP contribution is -2.35. The Morgan fingerprint density at radius 2 is 2.12 bits per heavy atom. The third-order valence-electron chi connectivity index (χ3n) is 3.71. The molecule has 16 heavy (non-hydrogen) atoms. The molecule has 1 unspecified atom stereocenters. The predicted octanol–water partition coefficient (Wildman–Crippen LogP) is 4.35. The van der Waals surface area contributed by atoms with E-state index in [1.54, 1.807) is 11.3 Å². The van der Waals surface area contributed by atoms with Gasteiger partial charge < -0.3 is 4.74 Å². The van der Waals surface area contributed by atoms with Gasteiger partial charge in [0.25, 0.3) is 0 Å². The van der Waals surface area contributed by atoms with Gasteiger partial charge >= 0.3 is 0 Å². The Hall–Kier alpha value is 0.0700. The van der Waals surface area contributed by atoms with Gasteiger partial charge in [0, 0.05) is 7.11 Å². The van der Waals surface area contributed by atoms with E-state index in [0.29, 0.717) is 5.92 Å². The average molecular weight is 304 g/mol. The topological polar surface area (TPSA) is 22.1 Å². The van der Waals surface area contributed by atoms with Crippen molar-refractivity contribution in [2.24, 2.45) is 5.92 Å². The van der Waals surface area contributed by atoms with Gasteiger partial charge in [0.05, 0.1) is 9.98 Å². The van der Waals surface area contributed by atoms with Crippen molar-refractivity contribution in [2.75, 3.05) is 7.11 Å². The van der Waals surface area contributed by atoms with Crippen molar-refractivity contribution in [3.05, 3.63) is 15.0 Å². The van der Waals surface area contributed by atoms with Crippen LogP contribution in [0.1, 0.15) is 44.0 Å². The Kier molecular flexibility index (Phi) is 4.03. The standard InChI is InChI=1S/C12H18BrNOS/c1-12(15-2,9-6-4-3-5-7-9)11-14-8-10(13)16-11/h8-9H,3-7H2,1-2H3. The van der Waals surface area contributed by atoms with Crippen molar-refractivity contribution in [3.63, 3.8) is 0 Å². The lowest BCUT2D eigenvalue weighted by Gasteiger charge is -2.37. The van der Waals surface area contributed by atoms with E-state index < -0.39 is 0 Å². The van der Waals surface area contributed by atoms with Gasteiger partial charge in [-0.15, -0.1) is 11.3 Å². The maximum Gasteiger partial charge on any atom is 0.126 e. The van der Waals surface area contributed by atoms with Crippen LogP contribution in [0.3, 0.4) is 0 Å². The molecule has 4 heteroatoms. The molecule has 1 fully saturated rings. The molecular formula is C12H18BrNOS. The highest BCUT2D eigenvalue weighted by Gasteiger charge is 2.39. The molecule has 1 aromatic rings. The van der Waals surface area contributed by atoms with E-state index in [4.69, 9.17) is 4.74 Å². The molecule has 90 valence electrons. The number of hydrogen-bond donors (Lipinski definition) is 0. The van der Waals surface area contributed by atoms with Crippen LogP contribution in [0.2, 0.25) is 0 Å². The van der Waals surface area contributed by atoms with E-state index in [-0.39, 0.29) is 5.60 Å². The van der Waals surface area contributed by atoms with E-state index in [2.05, 4.69) is 27.8 Å². The lowest BCUT2D eigenvalue weighted by atomic mass is 9.78. The highest BCUT2D eigenvalue weighted by molar-refractivity contribution is 9.11. The second-order valence-corrected chi connectivity index (χ2v) is 7.03. The zero-order chi connectivity index (χ0) is 11.6. The number of methoxy groups -OCH3 is 1. The first-order chi connectivity index (χ1) is 7.66. The average Bonchev–Trinajstić information content (AvgIpc) is 2.76. The molecule has 0 N–H and O–H groups in total. The van der Waals surface area contributed by atoms with Crippen LogP contribution in [0.5, 0.6) is 0 Å². The molecule has 0 bridgehead atoms. The van der Waals surface area contributed by atoms with Crippen LogP contribution in [0, 0.1) is 5.92 Å². The fraction of sp³-hybridized carbons (Fsp3) is 0.750. The van der Waals surface area contributed by atoms with Crippen LogP contribution < -0.4 is 0 Å². The van der Waals surface area contributed by atoms with Crippen LogP contribution in [-0.4, -0.2) is 12.1 Å². The third-order valence-corrected chi connectivity index (χ3v) is 5.41. The molecule has 0 radical (unpaired) electrons. The number of thiazole rings is 1. The molecule has 1 heterocycles. The summed E-state index contributed by atoms with van der Waals surface area (Å²) in [6.07, 6.45) is 8.44. The smallest absolute Gasteiger partial charge is 0.126 e. The van der Waals surface area contributed by atoms with Gasteiger partial charge in [0.2, 0.25) is 0 Å². The highest BCUT2D eigenvalue weighted by atomic mass is 79.9. The summed E-state index contributed by atoms with van der Waals surface area (Å²) in [7, 11) is 1.81. The molecule has 0 saturated heterocycles. The second-order valence-electron chi connectivity index (χ2n) is 4.62. The third kappa shape index (κ3) is 2.34. The Labute approximate surface area is 110 Å². The summed E-state index contributed by atoms with van der Waals surface area (Å²) in [5.74, 6) is 0.615. The minimum Gasteiger partial charge on any atom is -0.371 e. The van der Waals surface area contributed by atoms with E-state index >= 15 is 0 Å². The number of rotatable bonds is 3. The second kappa shape index (κ2) is 5.15. The van der Waals surface area contributed by atoms with Crippen LogP contribution in [0.15, 0.2) is 9.98 Å². The summed E-state index contributed by atoms with van der Waals surface area (Å²) in [5, 5.41) is 1.11. The molecule has 0 aliphatic heterocycles. The van der Waals surface area contributed by atoms with E-state index in [1.165, 1.54) is 32.1 Å². The zero-order valence-corrected chi connectivity index (χ0v) is 12.2. The molecule has 0 spiro atoms. The van der Waals surface area contributed by atoms with Crippen molar-refractivity contribution in [1.82, 2.24) is 4.98 Å². The fourth-order valence-corrected chi connectivity index (χ4v) is 3.98. The van der Waals surface area contributed by atoms with Crippen molar-refractivity contribution in [3.8, 4) is 0 Å². The van der Waals surface area contributed by atoms with Crippen LogP contribution in [0.25, 0.3) is 0 Å². The Balaban J connectivity index is 2.23. The summed E-state index contributed by atoms with van der Waals surface area (Å²) >= 11 is 5.17. The Morgan fingerprint density at radius 3 is 2.62 bits per heavy atom. The maximum absolute atomic E-state index is 5.80. The Morgan fingerprint density at radius 1 is 1.44 bits per heavy atom. The summed E-state index contributed by atoms with van der Waals surface area (Å²) < 4.78 is 6.89. The summed E-state index contributed by atoms with van der Waals surface area (Å²) in [5.41, 5.74) is -0.197. The maximum atomic E-state index is 5.80. The monoisotopic (exact) mass is 303 g/mol. The number of nitrogens with zero attached hydrogens (tertiary/aromatic N) is 1. The van der Waals surface area contributed by atoms with Crippen molar-refractivity contribution in [2.45, 2.75) is 44.6 Å². The molecule has 0 amide bonds. The van der Waals surface area contributed by atoms with E-state index in [1.807, 2.05) is 13.3 Å². The number of halogens is 1. The zero-order valence-electron chi connectivity index (χ0n) is 9.83.